The molecule has 0 saturated carbocycles. The Hall–Kier alpha value is -3.02. The number of hydrogen-bond donors (Lipinski definition) is 0. The Kier molecular flexibility index (Phi) is 4.48. The predicted molar refractivity (Wildman–Crippen MR) is 99.8 cm³/mol. The summed E-state index contributed by atoms with van der Waals surface area (Å²) in [6, 6.07) is 6.81. The van der Waals surface area contributed by atoms with Gasteiger partial charge in [0.1, 0.15) is 12.7 Å². The van der Waals surface area contributed by atoms with Gasteiger partial charge in [0, 0.05) is 23.3 Å². The van der Waals surface area contributed by atoms with Crippen LogP contribution in [0.4, 0.5) is 0 Å². The van der Waals surface area contributed by atoms with Crippen molar-refractivity contribution in [2.45, 2.75) is 32.8 Å². The molecule has 1 saturated heterocycles. The quantitative estimate of drug-likeness (QED) is 0.381. The number of cyclic esters (lactones) is 1. The van der Waals surface area contributed by atoms with Crippen LogP contribution in [0.2, 0.25) is 0 Å². The molecule has 1 aromatic carbocycles. The Morgan fingerprint density at radius 1 is 1.22 bits per heavy atom. The molecule has 3 heterocycles. The number of hydrogen-bond acceptors (Lipinski definition) is 6. The number of fused-ring (bicyclic) bond motifs is 2. The minimum absolute atomic E-state index is 0.0372. The molecular formula is C21H20O6. The lowest BCUT2D eigenvalue weighted by molar-refractivity contribution is -0.143. The molecule has 1 aliphatic heterocycles. The third kappa shape index (κ3) is 3.47. The number of esters is 1. The summed E-state index contributed by atoms with van der Waals surface area (Å²) in [6.07, 6.45) is 4.86. The van der Waals surface area contributed by atoms with Gasteiger partial charge in [-0.2, -0.15) is 0 Å². The largest absolute Gasteiger partial charge is 0.482 e. The zero-order valence-electron chi connectivity index (χ0n) is 15.2. The number of carbonyl (C=O) groups excluding carboxylic acids is 1. The molecule has 2 unspecified atom stereocenters. The molecule has 0 spiro atoms. The van der Waals surface area contributed by atoms with Gasteiger partial charge in [-0.25, -0.2) is 4.79 Å². The fourth-order valence-electron chi connectivity index (χ4n) is 3.39. The first kappa shape index (κ1) is 17.4. The van der Waals surface area contributed by atoms with E-state index in [4.69, 9.17) is 18.3 Å². The van der Waals surface area contributed by atoms with Crippen LogP contribution in [0.5, 0.6) is 5.75 Å². The monoisotopic (exact) mass is 368 g/mol. The summed E-state index contributed by atoms with van der Waals surface area (Å²) in [4.78, 5) is 23.1. The van der Waals surface area contributed by atoms with Gasteiger partial charge in [0.15, 0.2) is 11.2 Å². The van der Waals surface area contributed by atoms with Gasteiger partial charge in [-0.3, -0.25) is 4.79 Å². The fourth-order valence-corrected chi connectivity index (χ4v) is 3.39. The summed E-state index contributed by atoms with van der Waals surface area (Å²) in [5.41, 5.74) is 1.54. The van der Waals surface area contributed by atoms with E-state index >= 15 is 0 Å². The highest BCUT2D eigenvalue weighted by atomic mass is 16.6. The van der Waals surface area contributed by atoms with Crippen LogP contribution in [0.3, 0.4) is 0 Å². The summed E-state index contributed by atoms with van der Waals surface area (Å²) in [5, 5.41) is 1.64. The second-order valence-electron chi connectivity index (χ2n) is 6.98. The maximum absolute atomic E-state index is 11.6. The van der Waals surface area contributed by atoms with Crippen LogP contribution in [0.1, 0.15) is 26.7 Å². The molecule has 0 radical (unpaired) electrons. The highest BCUT2D eigenvalue weighted by molar-refractivity contribution is 5.99. The molecule has 4 rings (SSSR count). The van der Waals surface area contributed by atoms with Crippen LogP contribution in [-0.2, 0) is 9.53 Å². The lowest BCUT2D eigenvalue weighted by atomic mass is 10.0. The molecule has 2 atom stereocenters. The Balaban J connectivity index is 1.54. The topological polar surface area (TPSA) is 78.9 Å². The summed E-state index contributed by atoms with van der Waals surface area (Å²) in [6.45, 7) is 4.15. The van der Waals surface area contributed by atoms with Gasteiger partial charge in [0.05, 0.1) is 12.2 Å². The zero-order valence-corrected chi connectivity index (χ0v) is 15.2. The van der Waals surface area contributed by atoms with Gasteiger partial charge in [0.25, 0.3) is 0 Å². The van der Waals surface area contributed by atoms with Crippen molar-refractivity contribution in [3.05, 3.63) is 52.6 Å². The SMILES string of the molecule is CC(=CCOc1c2occc2cc2ccc(=O)oc12)CC1CC(C)C(=O)O1. The van der Waals surface area contributed by atoms with Crippen LogP contribution in [0.15, 0.2) is 55.8 Å². The van der Waals surface area contributed by atoms with Crippen LogP contribution < -0.4 is 10.4 Å². The number of rotatable bonds is 5. The van der Waals surface area contributed by atoms with Crippen LogP contribution in [-0.4, -0.2) is 18.7 Å². The second-order valence-corrected chi connectivity index (χ2v) is 6.98. The molecule has 6 nitrogen and oxygen atoms in total. The zero-order chi connectivity index (χ0) is 19.0. The standard InChI is InChI=1S/C21H20O6/c1-12(9-16-10-13(2)21(23)26-16)5-7-25-20-18-15(6-8-24-18)11-14-3-4-17(22)27-19(14)20/h3-6,8,11,13,16H,7,9-10H2,1-2H3. The third-order valence-corrected chi connectivity index (χ3v) is 4.79. The Morgan fingerprint density at radius 3 is 2.81 bits per heavy atom. The Bertz CT molecular complexity index is 1090. The van der Waals surface area contributed by atoms with Crippen molar-refractivity contribution in [3.63, 3.8) is 0 Å². The van der Waals surface area contributed by atoms with Crippen molar-refractivity contribution in [1.82, 2.24) is 0 Å². The van der Waals surface area contributed by atoms with Crippen molar-refractivity contribution >= 4 is 27.9 Å². The molecule has 0 bridgehead atoms. The number of benzene rings is 1. The van der Waals surface area contributed by atoms with E-state index in [1.807, 2.05) is 32.1 Å². The first-order valence-electron chi connectivity index (χ1n) is 8.94. The van der Waals surface area contributed by atoms with E-state index < -0.39 is 5.63 Å². The lowest BCUT2D eigenvalue weighted by Crippen LogP contribution is -2.07. The van der Waals surface area contributed by atoms with E-state index in [2.05, 4.69) is 0 Å². The third-order valence-electron chi connectivity index (χ3n) is 4.79. The lowest BCUT2D eigenvalue weighted by Gasteiger charge is -2.10. The average molecular weight is 368 g/mol. The predicted octanol–water partition coefficient (Wildman–Crippen LogP) is 4.21. The van der Waals surface area contributed by atoms with E-state index in [-0.39, 0.29) is 24.6 Å². The number of carbonyl (C=O) groups is 1. The molecule has 140 valence electrons. The Labute approximate surface area is 155 Å². The normalized spacial score (nSPS) is 20.4. The highest BCUT2D eigenvalue weighted by Crippen LogP contribution is 2.35. The second kappa shape index (κ2) is 6.95. The van der Waals surface area contributed by atoms with Gasteiger partial charge in [-0.1, -0.05) is 12.5 Å². The molecular weight excluding hydrogens is 348 g/mol. The van der Waals surface area contributed by atoms with Gasteiger partial charge in [-0.05, 0) is 37.6 Å². The van der Waals surface area contributed by atoms with Crippen LogP contribution in [0, 0.1) is 5.92 Å². The number of ether oxygens (including phenoxy) is 2. The van der Waals surface area contributed by atoms with Crippen molar-refractivity contribution in [2.75, 3.05) is 6.61 Å². The molecule has 0 amide bonds. The van der Waals surface area contributed by atoms with Crippen LogP contribution >= 0.6 is 0 Å². The Morgan fingerprint density at radius 2 is 2.04 bits per heavy atom. The van der Waals surface area contributed by atoms with E-state index in [1.54, 1.807) is 12.3 Å². The summed E-state index contributed by atoms with van der Waals surface area (Å²) >= 11 is 0. The first-order chi connectivity index (χ1) is 13.0. The fraction of sp³-hybridized carbons (Fsp3) is 0.333. The maximum atomic E-state index is 11.6. The first-order valence-corrected chi connectivity index (χ1v) is 8.94. The molecule has 3 aromatic rings. The van der Waals surface area contributed by atoms with Crippen molar-refractivity contribution in [3.8, 4) is 5.75 Å². The van der Waals surface area contributed by atoms with Gasteiger partial charge in [0.2, 0.25) is 5.75 Å². The molecule has 6 heteroatoms. The van der Waals surface area contributed by atoms with E-state index in [9.17, 15) is 9.59 Å². The van der Waals surface area contributed by atoms with Gasteiger partial charge in [-0.15, -0.1) is 0 Å². The minimum Gasteiger partial charge on any atom is -0.482 e. The van der Waals surface area contributed by atoms with Crippen LogP contribution in [0.25, 0.3) is 21.9 Å². The molecule has 1 aliphatic rings. The highest BCUT2D eigenvalue weighted by Gasteiger charge is 2.30. The number of furan rings is 1. The van der Waals surface area contributed by atoms with Crippen molar-refractivity contribution < 1.29 is 23.1 Å². The summed E-state index contributed by atoms with van der Waals surface area (Å²) in [7, 11) is 0. The van der Waals surface area contributed by atoms with E-state index in [1.165, 1.54) is 6.07 Å². The minimum atomic E-state index is -0.442. The van der Waals surface area contributed by atoms with Crippen molar-refractivity contribution in [1.29, 1.82) is 0 Å². The van der Waals surface area contributed by atoms with Gasteiger partial charge >= 0.3 is 11.6 Å². The summed E-state index contributed by atoms with van der Waals surface area (Å²) < 4.78 is 22.1. The summed E-state index contributed by atoms with van der Waals surface area (Å²) in [5.74, 6) is 0.245. The molecule has 0 aliphatic carbocycles. The van der Waals surface area contributed by atoms with E-state index in [0.29, 0.717) is 23.3 Å². The van der Waals surface area contributed by atoms with Crippen molar-refractivity contribution in [2.24, 2.45) is 5.92 Å². The average Bonchev–Trinajstić information content (AvgIpc) is 3.21. The maximum Gasteiger partial charge on any atom is 0.336 e. The molecule has 1 fully saturated rings. The molecule has 0 N–H and O–H groups in total. The molecule has 2 aromatic heterocycles. The van der Waals surface area contributed by atoms with Gasteiger partial charge < -0.3 is 18.3 Å². The smallest absolute Gasteiger partial charge is 0.336 e. The molecule has 27 heavy (non-hydrogen) atoms. The van der Waals surface area contributed by atoms with E-state index in [0.717, 1.165) is 22.8 Å².